The van der Waals surface area contributed by atoms with Gasteiger partial charge in [-0.15, -0.1) is 17.7 Å². The fraction of sp³-hybridized carbons (Fsp3) is 0.111. The Labute approximate surface area is 394 Å². The zero-order chi connectivity index (χ0) is 38.7. The first-order valence-corrected chi connectivity index (χ1v) is 18.5. The fourth-order valence-electron chi connectivity index (χ4n) is 3.82. The molecule has 55 heavy (non-hydrogen) atoms. The molecule has 0 aromatic heterocycles. The van der Waals surface area contributed by atoms with Crippen molar-refractivity contribution in [2.45, 2.75) is 9.79 Å². The van der Waals surface area contributed by atoms with Crippen LogP contribution in [0.25, 0.3) is 10.8 Å². The molecule has 0 unspecified atom stereocenters. The van der Waals surface area contributed by atoms with Crippen LogP contribution in [0.4, 0.5) is 28.4 Å². The van der Waals surface area contributed by atoms with Crippen molar-refractivity contribution in [1.29, 1.82) is 0 Å². The summed E-state index contributed by atoms with van der Waals surface area (Å²) in [5.74, 6) is -0.0546. The van der Waals surface area contributed by atoms with Gasteiger partial charge < -0.3 is 35.9 Å². The summed E-state index contributed by atoms with van der Waals surface area (Å²) in [5, 5.41) is 30.3. The Morgan fingerprint density at radius 3 is 1.93 bits per heavy atom. The standard InChI is InChI=1S/C27H24N5O8S2.Cu.3Na.H2O4S.O3S/c1-5-41(34,35)17-7-10-20(25(15-17)42(36,37)38)29-32-26-18-8-12-22(27(40-4)19(18)9-11-21(26)28-2)30-31-23-14-16(39-3)6-13-24(23)33;;;;;1-5(2,3)4;1-4(2)3/h6-11,13-15,28,33H,1,4-5H2,2-3H3,(H,36,37,38);;;;;(H2,1,2,3,4);/q-3;4*+1;;/p-2. The molecule has 0 saturated carbocycles. The van der Waals surface area contributed by atoms with Crippen LogP contribution in [0.3, 0.4) is 0 Å². The monoisotopic (exact) mass is 918 g/mol. The third-order valence-electron chi connectivity index (χ3n) is 5.97. The van der Waals surface area contributed by atoms with Crippen molar-refractivity contribution >= 4 is 80.2 Å². The predicted octanol–water partition coefficient (Wildman–Crippen LogP) is -5.08. The van der Waals surface area contributed by atoms with E-state index in [2.05, 4.69) is 45.9 Å². The number of ether oxygens (including phenoxy) is 2. The number of fused-ring (bicyclic) bond motifs is 1. The number of aromatic hydroxyl groups is 1. The molecule has 28 heteroatoms. The summed E-state index contributed by atoms with van der Waals surface area (Å²) >= 11 is 0. The number of azo groups is 2. The van der Waals surface area contributed by atoms with Crippen molar-refractivity contribution < 1.29 is 172 Å². The SMILES string of the molecule is O=S(=O)([O-])O.O=S(=O)=O.[CH2-]CS(=O)(=O)c1ccc(N=Nc2c(NC)ccc3c(O[CH2-])c(N=Nc4cc(OC)ccc4O)[c-]cc23)c(S(=O)(=O)[O-])c1.[Cu+].[Na+].[Na+].[Na+]. The van der Waals surface area contributed by atoms with Crippen LogP contribution in [0, 0.1) is 20.1 Å². The molecule has 0 spiro atoms. The Morgan fingerprint density at radius 1 is 0.873 bits per heavy atom. The maximum Gasteiger partial charge on any atom is 1.00 e. The molecular formula is C27H24CuN5Na3O15S4-. The van der Waals surface area contributed by atoms with Gasteiger partial charge in [0.1, 0.15) is 33.0 Å². The first-order chi connectivity index (χ1) is 23.7. The molecule has 20 nitrogen and oxygen atoms in total. The summed E-state index contributed by atoms with van der Waals surface area (Å²) in [6, 6.07) is 15.1. The van der Waals surface area contributed by atoms with Gasteiger partial charge in [-0.05, 0) is 36.4 Å². The maximum absolute atomic E-state index is 12.2. The van der Waals surface area contributed by atoms with Crippen molar-refractivity contribution in [3.63, 3.8) is 0 Å². The van der Waals surface area contributed by atoms with E-state index in [0.717, 1.165) is 18.2 Å². The molecule has 0 aliphatic carbocycles. The molecule has 0 aliphatic heterocycles. The number of sulfone groups is 1. The Bertz CT molecular complexity index is 2430. The second-order valence-electron chi connectivity index (χ2n) is 9.07. The van der Waals surface area contributed by atoms with E-state index < -0.39 is 51.6 Å². The molecule has 286 valence electrons. The molecule has 0 atom stereocenters. The third-order valence-corrected chi connectivity index (χ3v) is 8.35. The second kappa shape index (κ2) is 25.7. The van der Waals surface area contributed by atoms with E-state index in [0.29, 0.717) is 22.2 Å². The fourth-order valence-corrected chi connectivity index (χ4v) is 5.34. The molecule has 0 amide bonds. The Hall–Kier alpha value is -1.59. The van der Waals surface area contributed by atoms with Crippen LogP contribution >= 0.6 is 0 Å². The van der Waals surface area contributed by atoms with Crippen LogP contribution < -0.4 is 103 Å². The van der Waals surface area contributed by atoms with Gasteiger partial charge in [-0.2, -0.15) is 34.6 Å². The van der Waals surface area contributed by atoms with E-state index in [1.165, 1.54) is 25.3 Å². The van der Waals surface area contributed by atoms with Gasteiger partial charge in [0.2, 0.25) is 10.4 Å². The van der Waals surface area contributed by atoms with Crippen molar-refractivity contribution in [2.75, 3.05) is 25.2 Å². The first kappa shape index (κ1) is 57.7. The van der Waals surface area contributed by atoms with Crippen LogP contribution in [0.5, 0.6) is 17.2 Å². The molecule has 4 aromatic carbocycles. The summed E-state index contributed by atoms with van der Waals surface area (Å²) in [4.78, 5) is -1.24. The van der Waals surface area contributed by atoms with Crippen molar-refractivity contribution in [1.82, 2.24) is 0 Å². The van der Waals surface area contributed by atoms with Gasteiger partial charge in [-0.25, -0.2) is 25.3 Å². The molecule has 4 aromatic rings. The summed E-state index contributed by atoms with van der Waals surface area (Å²) in [6.07, 6.45) is 0. The minimum Gasteiger partial charge on any atom is -0.744 e. The normalized spacial score (nSPS) is 10.9. The first-order valence-electron chi connectivity index (χ1n) is 13.1. The zero-order valence-electron chi connectivity index (χ0n) is 29.2. The number of nitrogens with one attached hydrogen (secondary N) is 1. The van der Waals surface area contributed by atoms with E-state index >= 15 is 0 Å². The molecular weight excluding hydrogens is 895 g/mol. The maximum atomic E-state index is 12.2. The number of methoxy groups -OCH3 is 1. The molecule has 3 N–H and O–H groups in total. The molecule has 0 aliphatic rings. The molecule has 0 fully saturated rings. The van der Waals surface area contributed by atoms with Crippen LogP contribution in [0.1, 0.15) is 0 Å². The molecule has 0 bridgehead atoms. The van der Waals surface area contributed by atoms with Gasteiger partial charge in [0.15, 0.2) is 9.84 Å². The van der Waals surface area contributed by atoms with E-state index in [1.807, 2.05) is 0 Å². The van der Waals surface area contributed by atoms with Crippen molar-refractivity contribution in [2.24, 2.45) is 20.5 Å². The summed E-state index contributed by atoms with van der Waals surface area (Å²) in [7, 11) is -10.5. The predicted molar refractivity (Wildman–Crippen MR) is 175 cm³/mol. The van der Waals surface area contributed by atoms with Gasteiger partial charge in [0.05, 0.1) is 22.6 Å². The molecule has 4 rings (SSSR count). The second-order valence-corrected chi connectivity index (χ2v) is 13.8. The Morgan fingerprint density at radius 2 is 1.44 bits per heavy atom. The summed E-state index contributed by atoms with van der Waals surface area (Å²) < 4.78 is 129. The average molecular weight is 919 g/mol. The van der Waals surface area contributed by atoms with Crippen LogP contribution in [0.15, 0.2) is 84.8 Å². The molecule has 0 saturated heterocycles. The van der Waals surface area contributed by atoms with Crippen LogP contribution in [-0.4, -0.2) is 76.6 Å². The minimum atomic E-state index is -5.13. The number of rotatable bonds is 10. The number of phenolic OH excluding ortho intramolecular Hbond substituents is 1. The number of nitrogens with zero attached hydrogens (tertiary/aromatic N) is 4. The van der Waals surface area contributed by atoms with Crippen LogP contribution in [0.2, 0.25) is 0 Å². The van der Waals surface area contributed by atoms with E-state index in [1.54, 1.807) is 25.2 Å². The van der Waals surface area contributed by atoms with Gasteiger partial charge in [-0.3, -0.25) is 4.55 Å². The van der Waals surface area contributed by atoms with Crippen molar-refractivity contribution in [3.05, 3.63) is 74.7 Å². The van der Waals surface area contributed by atoms with Gasteiger partial charge in [0.25, 0.3) is 0 Å². The van der Waals surface area contributed by atoms with Gasteiger partial charge >= 0.3 is 116 Å². The summed E-state index contributed by atoms with van der Waals surface area (Å²) in [6.45, 7) is 3.32. The van der Waals surface area contributed by atoms with E-state index in [-0.39, 0.29) is 145 Å². The average Bonchev–Trinajstić information content (AvgIpc) is 3.04. The number of anilines is 1. The topological polar surface area (TPSA) is 320 Å². The van der Waals surface area contributed by atoms with E-state index in [9.17, 15) is 26.5 Å². The minimum absolute atomic E-state index is 0. The quantitative estimate of drug-likeness (QED) is 0.0441. The Kier molecular flexibility index (Phi) is 27.0. The third kappa shape index (κ3) is 18.3. The van der Waals surface area contributed by atoms with Gasteiger partial charge in [-0.1, -0.05) is 22.6 Å². The Balaban J connectivity index is -0.00000187. The smallest absolute Gasteiger partial charge is 0.744 e. The largest absolute Gasteiger partial charge is 1.00 e. The number of phenols is 1. The van der Waals surface area contributed by atoms with Gasteiger partial charge in [0, 0.05) is 30.2 Å². The molecule has 0 heterocycles. The number of hydrogen-bond donors (Lipinski definition) is 3. The number of hydrogen-bond acceptors (Lipinski definition) is 19. The van der Waals surface area contributed by atoms with Crippen LogP contribution in [-0.2, 0) is 58.0 Å². The van der Waals surface area contributed by atoms with Crippen molar-refractivity contribution in [3.8, 4) is 17.2 Å². The summed E-state index contributed by atoms with van der Waals surface area (Å²) in [5.41, 5.74) is 0.585. The molecule has 0 radical (unpaired) electrons. The zero-order valence-corrected chi connectivity index (χ0v) is 39.5. The van der Waals surface area contributed by atoms with E-state index in [4.69, 9.17) is 39.6 Å². The number of benzene rings is 4.